The van der Waals surface area contributed by atoms with Crippen LogP contribution in [0.1, 0.15) is 0 Å². The Labute approximate surface area is 79.9 Å². The summed E-state index contributed by atoms with van der Waals surface area (Å²) >= 11 is 5.73. The van der Waals surface area contributed by atoms with Crippen LogP contribution in [-0.2, 0) is 0 Å². The van der Waals surface area contributed by atoms with E-state index in [1.54, 1.807) is 24.3 Å². The van der Waals surface area contributed by atoms with Crippen molar-refractivity contribution in [1.82, 2.24) is 0 Å². The van der Waals surface area contributed by atoms with Crippen molar-refractivity contribution in [3.63, 3.8) is 0 Å². The smallest absolute Gasteiger partial charge is 0.133 e. The standard InChI is InChI=1S/C10H7ClFN/c11-7-2-1-6-3-8(13)5-10(12)9(6)4-7/h1-5H,13H2. The molecule has 66 valence electrons. The SMILES string of the molecule is Nc1cc(F)c2cc(Cl)ccc2c1. The zero-order valence-corrected chi connectivity index (χ0v) is 7.48. The molecule has 2 N–H and O–H groups in total. The highest BCUT2D eigenvalue weighted by molar-refractivity contribution is 6.31. The van der Waals surface area contributed by atoms with Gasteiger partial charge in [0.15, 0.2) is 0 Å². The Hall–Kier alpha value is -1.28. The molecule has 0 saturated carbocycles. The largest absolute Gasteiger partial charge is 0.399 e. The predicted octanol–water partition coefficient (Wildman–Crippen LogP) is 3.21. The van der Waals surface area contributed by atoms with Gasteiger partial charge in [-0.05, 0) is 29.7 Å². The molecule has 13 heavy (non-hydrogen) atoms. The maximum absolute atomic E-state index is 13.3. The first kappa shape index (κ1) is 8.32. The summed E-state index contributed by atoms with van der Waals surface area (Å²) in [5, 5.41) is 1.79. The van der Waals surface area contributed by atoms with E-state index in [0.717, 1.165) is 5.39 Å². The summed E-state index contributed by atoms with van der Waals surface area (Å²) in [6.45, 7) is 0. The van der Waals surface area contributed by atoms with Gasteiger partial charge in [-0.3, -0.25) is 0 Å². The first-order chi connectivity index (χ1) is 6.16. The number of nitrogen functional groups attached to an aromatic ring is 1. The summed E-state index contributed by atoms with van der Waals surface area (Å²) in [4.78, 5) is 0. The Bertz CT molecular complexity index is 468. The number of hydrogen-bond donors (Lipinski definition) is 1. The van der Waals surface area contributed by atoms with Gasteiger partial charge in [0.05, 0.1) is 0 Å². The summed E-state index contributed by atoms with van der Waals surface area (Å²) in [5.41, 5.74) is 5.91. The molecular weight excluding hydrogens is 189 g/mol. The van der Waals surface area contributed by atoms with E-state index < -0.39 is 0 Å². The van der Waals surface area contributed by atoms with Crippen LogP contribution in [0.2, 0.25) is 5.02 Å². The minimum atomic E-state index is -0.336. The maximum Gasteiger partial charge on any atom is 0.133 e. The summed E-state index contributed by atoms with van der Waals surface area (Å²) in [6, 6.07) is 8.05. The molecule has 0 heterocycles. The molecule has 1 nitrogen and oxygen atoms in total. The topological polar surface area (TPSA) is 26.0 Å². The van der Waals surface area contributed by atoms with Crippen LogP contribution in [0.25, 0.3) is 10.8 Å². The van der Waals surface area contributed by atoms with Gasteiger partial charge in [0, 0.05) is 16.1 Å². The number of fused-ring (bicyclic) bond motifs is 1. The Morgan fingerprint density at radius 2 is 1.92 bits per heavy atom. The van der Waals surface area contributed by atoms with Crippen molar-refractivity contribution in [2.75, 3.05) is 5.73 Å². The molecule has 3 heteroatoms. The van der Waals surface area contributed by atoms with E-state index in [1.807, 2.05) is 0 Å². The number of benzene rings is 2. The molecular formula is C10H7ClFN. The Morgan fingerprint density at radius 1 is 1.15 bits per heavy atom. The minimum absolute atomic E-state index is 0.336. The van der Waals surface area contributed by atoms with Gasteiger partial charge in [-0.25, -0.2) is 4.39 Å². The Balaban J connectivity index is 2.87. The summed E-state index contributed by atoms with van der Waals surface area (Å²) < 4.78 is 13.3. The third kappa shape index (κ3) is 1.45. The van der Waals surface area contributed by atoms with Crippen molar-refractivity contribution in [2.24, 2.45) is 0 Å². The molecule has 0 amide bonds. The summed E-state index contributed by atoms with van der Waals surface area (Å²) in [7, 11) is 0. The molecule has 0 aliphatic rings. The fourth-order valence-corrected chi connectivity index (χ4v) is 1.48. The monoisotopic (exact) mass is 195 g/mol. The van der Waals surface area contributed by atoms with Crippen molar-refractivity contribution in [3.05, 3.63) is 41.2 Å². The van der Waals surface area contributed by atoms with Crippen molar-refractivity contribution in [1.29, 1.82) is 0 Å². The van der Waals surface area contributed by atoms with E-state index in [4.69, 9.17) is 17.3 Å². The quantitative estimate of drug-likeness (QED) is 0.642. The van der Waals surface area contributed by atoms with Crippen LogP contribution in [0.3, 0.4) is 0 Å². The van der Waals surface area contributed by atoms with E-state index in [0.29, 0.717) is 16.1 Å². The van der Waals surface area contributed by atoms with Crippen molar-refractivity contribution >= 4 is 28.1 Å². The fraction of sp³-hybridized carbons (Fsp3) is 0. The first-order valence-electron chi connectivity index (χ1n) is 3.81. The van der Waals surface area contributed by atoms with Crippen LogP contribution in [0, 0.1) is 5.82 Å². The van der Waals surface area contributed by atoms with E-state index in [2.05, 4.69) is 0 Å². The van der Waals surface area contributed by atoms with Crippen LogP contribution in [0.4, 0.5) is 10.1 Å². The lowest BCUT2D eigenvalue weighted by Crippen LogP contribution is -1.87. The van der Waals surface area contributed by atoms with Gasteiger partial charge in [0.2, 0.25) is 0 Å². The van der Waals surface area contributed by atoms with E-state index in [9.17, 15) is 4.39 Å². The second-order valence-corrected chi connectivity index (χ2v) is 3.30. The first-order valence-corrected chi connectivity index (χ1v) is 4.19. The normalized spacial score (nSPS) is 10.6. The Kier molecular flexibility index (Phi) is 1.85. The summed E-state index contributed by atoms with van der Waals surface area (Å²) in [6.07, 6.45) is 0. The molecule has 0 unspecified atom stereocenters. The van der Waals surface area contributed by atoms with Gasteiger partial charge >= 0.3 is 0 Å². The molecule has 2 aromatic rings. The number of anilines is 1. The number of rotatable bonds is 0. The summed E-state index contributed by atoms with van der Waals surface area (Å²) in [5.74, 6) is -0.336. The predicted molar refractivity (Wildman–Crippen MR) is 53.3 cm³/mol. The highest BCUT2D eigenvalue weighted by Crippen LogP contribution is 2.24. The fourth-order valence-electron chi connectivity index (χ4n) is 1.31. The minimum Gasteiger partial charge on any atom is -0.399 e. The average molecular weight is 196 g/mol. The van der Waals surface area contributed by atoms with Crippen LogP contribution in [0.15, 0.2) is 30.3 Å². The third-order valence-electron chi connectivity index (χ3n) is 1.89. The lowest BCUT2D eigenvalue weighted by atomic mass is 10.1. The molecule has 0 aliphatic carbocycles. The van der Waals surface area contributed by atoms with E-state index in [-0.39, 0.29) is 5.82 Å². The molecule has 0 spiro atoms. The average Bonchev–Trinajstić information content (AvgIpc) is 2.06. The lowest BCUT2D eigenvalue weighted by Gasteiger charge is -2.01. The zero-order chi connectivity index (χ0) is 9.42. The van der Waals surface area contributed by atoms with Gasteiger partial charge in [0.1, 0.15) is 5.82 Å². The molecule has 2 aromatic carbocycles. The number of nitrogens with two attached hydrogens (primary N) is 1. The molecule has 0 bridgehead atoms. The van der Waals surface area contributed by atoms with E-state index in [1.165, 1.54) is 6.07 Å². The van der Waals surface area contributed by atoms with Gasteiger partial charge in [-0.2, -0.15) is 0 Å². The molecule has 0 aromatic heterocycles. The van der Waals surface area contributed by atoms with Gasteiger partial charge in [0.25, 0.3) is 0 Å². The maximum atomic E-state index is 13.3. The molecule has 0 fully saturated rings. The van der Waals surface area contributed by atoms with E-state index >= 15 is 0 Å². The lowest BCUT2D eigenvalue weighted by molar-refractivity contribution is 0.640. The molecule has 0 saturated heterocycles. The second-order valence-electron chi connectivity index (χ2n) is 2.87. The highest BCUT2D eigenvalue weighted by atomic mass is 35.5. The molecule has 0 radical (unpaired) electrons. The van der Waals surface area contributed by atoms with Crippen molar-refractivity contribution in [2.45, 2.75) is 0 Å². The number of halogens is 2. The number of hydrogen-bond acceptors (Lipinski definition) is 1. The van der Waals surface area contributed by atoms with Gasteiger partial charge in [-0.1, -0.05) is 17.7 Å². The van der Waals surface area contributed by atoms with Crippen molar-refractivity contribution in [3.8, 4) is 0 Å². The van der Waals surface area contributed by atoms with Gasteiger partial charge < -0.3 is 5.73 Å². The third-order valence-corrected chi connectivity index (χ3v) is 2.12. The highest BCUT2D eigenvalue weighted by Gasteiger charge is 2.02. The van der Waals surface area contributed by atoms with Crippen LogP contribution in [-0.4, -0.2) is 0 Å². The molecule has 2 rings (SSSR count). The zero-order valence-electron chi connectivity index (χ0n) is 6.72. The van der Waals surface area contributed by atoms with Gasteiger partial charge in [-0.15, -0.1) is 0 Å². The molecule has 0 aliphatic heterocycles. The Morgan fingerprint density at radius 3 is 2.69 bits per heavy atom. The van der Waals surface area contributed by atoms with Crippen LogP contribution in [0.5, 0.6) is 0 Å². The van der Waals surface area contributed by atoms with Crippen molar-refractivity contribution < 1.29 is 4.39 Å². The van der Waals surface area contributed by atoms with Crippen LogP contribution >= 0.6 is 11.6 Å². The second kappa shape index (κ2) is 2.89. The molecule has 0 atom stereocenters. The van der Waals surface area contributed by atoms with Crippen LogP contribution < -0.4 is 5.73 Å².